The first-order valence-corrected chi connectivity index (χ1v) is 9.44. The zero-order valence-corrected chi connectivity index (χ0v) is 17.1. The number of fused-ring (bicyclic) bond motifs is 1. The molecule has 1 aromatic rings. The number of halogens is 1. The standard InChI is InChI=1S/C19H25N5O4.ClH/c1-21-11-17-18(25)24(13-23(17)12-21)15-2-4-16(5-3-15)28-9-6-14-10-22(19(26)27)8-7-20-14;/h2-5,11,14,20H,6-10,12-13H2,1H3,(H,26,27);1H/t14-;/m1./s1. The highest BCUT2D eigenvalue weighted by Crippen LogP contribution is 2.29. The Labute approximate surface area is 175 Å². The Morgan fingerprint density at radius 2 is 2.03 bits per heavy atom. The molecule has 3 aliphatic rings. The molecule has 4 rings (SSSR count). The van der Waals surface area contributed by atoms with Crippen LogP contribution >= 0.6 is 12.4 Å². The Bertz CT molecular complexity index is 787. The largest absolute Gasteiger partial charge is 0.494 e. The van der Waals surface area contributed by atoms with E-state index in [2.05, 4.69) is 5.32 Å². The molecule has 0 bridgehead atoms. The predicted molar refractivity (Wildman–Crippen MR) is 110 cm³/mol. The number of benzene rings is 1. The molecule has 0 spiro atoms. The predicted octanol–water partition coefficient (Wildman–Crippen LogP) is 1.18. The highest BCUT2D eigenvalue weighted by atomic mass is 35.5. The minimum absolute atomic E-state index is 0. The third-order valence-corrected chi connectivity index (χ3v) is 5.26. The zero-order valence-electron chi connectivity index (χ0n) is 16.3. The van der Waals surface area contributed by atoms with Crippen molar-refractivity contribution >= 4 is 30.1 Å². The Morgan fingerprint density at radius 1 is 1.28 bits per heavy atom. The van der Waals surface area contributed by atoms with Gasteiger partial charge in [0.15, 0.2) is 0 Å². The highest BCUT2D eigenvalue weighted by molar-refractivity contribution is 6.07. The maximum absolute atomic E-state index is 12.5. The monoisotopic (exact) mass is 423 g/mol. The number of piperazine rings is 1. The Kier molecular flexibility index (Phi) is 6.39. The van der Waals surface area contributed by atoms with E-state index in [1.54, 1.807) is 4.90 Å². The minimum atomic E-state index is -0.873. The van der Waals surface area contributed by atoms with Gasteiger partial charge in [0, 0.05) is 44.6 Å². The van der Waals surface area contributed by atoms with Crippen LogP contribution in [0, 0.1) is 0 Å². The van der Waals surface area contributed by atoms with E-state index in [0.29, 0.717) is 32.9 Å². The van der Waals surface area contributed by atoms with E-state index in [1.165, 1.54) is 4.90 Å². The van der Waals surface area contributed by atoms with Gasteiger partial charge in [0.1, 0.15) is 18.1 Å². The number of hydrogen-bond acceptors (Lipinski definition) is 6. The summed E-state index contributed by atoms with van der Waals surface area (Å²) in [6.45, 7) is 3.46. The van der Waals surface area contributed by atoms with Crippen LogP contribution in [0.2, 0.25) is 0 Å². The first-order valence-electron chi connectivity index (χ1n) is 9.44. The van der Waals surface area contributed by atoms with Crippen molar-refractivity contribution in [1.82, 2.24) is 20.0 Å². The molecule has 3 heterocycles. The number of amides is 2. The van der Waals surface area contributed by atoms with Gasteiger partial charge in [-0.25, -0.2) is 4.79 Å². The Morgan fingerprint density at radius 3 is 2.72 bits per heavy atom. The van der Waals surface area contributed by atoms with Crippen molar-refractivity contribution < 1.29 is 19.4 Å². The second-order valence-corrected chi connectivity index (χ2v) is 7.34. The quantitative estimate of drug-likeness (QED) is 0.735. The molecule has 0 saturated carbocycles. The van der Waals surface area contributed by atoms with Gasteiger partial charge in [-0.3, -0.25) is 9.69 Å². The minimum Gasteiger partial charge on any atom is -0.494 e. The van der Waals surface area contributed by atoms with Gasteiger partial charge in [-0.1, -0.05) is 0 Å². The van der Waals surface area contributed by atoms with Gasteiger partial charge >= 0.3 is 6.09 Å². The third kappa shape index (κ3) is 4.51. The van der Waals surface area contributed by atoms with E-state index < -0.39 is 6.09 Å². The van der Waals surface area contributed by atoms with Gasteiger partial charge in [0.25, 0.3) is 5.91 Å². The first-order chi connectivity index (χ1) is 13.5. The summed E-state index contributed by atoms with van der Waals surface area (Å²) < 4.78 is 5.80. The topological polar surface area (TPSA) is 88.6 Å². The molecule has 2 saturated heterocycles. The van der Waals surface area contributed by atoms with Crippen LogP contribution in [0.5, 0.6) is 5.75 Å². The lowest BCUT2D eigenvalue weighted by Gasteiger charge is -2.31. The second-order valence-electron chi connectivity index (χ2n) is 7.34. The molecule has 0 aromatic heterocycles. The highest BCUT2D eigenvalue weighted by Gasteiger charge is 2.37. The molecular formula is C19H26ClN5O4. The lowest BCUT2D eigenvalue weighted by molar-refractivity contribution is -0.114. The van der Waals surface area contributed by atoms with E-state index in [-0.39, 0.29) is 24.4 Å². The summed E-state index contributed by atoms with van der Waals surface area (Å²) >= 11 is 0. The lowest BCUT2D eigenvalue weighted by Crippen LogP contribution is -2.52. The number of ether oxygens (including phenoxy) is 1. The molecule has 0 unspecified atom stereocenters. The molecular weight excluding hydrogens is 398 g/mol. The SMILES string of the molecule is CN1C=C2C(=O)N(c3ccc(OCC[C@@H]4CN(C(=O)O)CCN4)cc3)CN2C1.Cl. The summed E-state index contributed by atoms with van der Waals surface area (Å²) in [6, 6.07) is 7.62. The molecule has 10 heteroatoms. The van der Waals surface area contributed by atoms with Crippen molar-refractivity contribution in [3.05, 3.63) is 36.2 Å². The van der Waals surface area contributed by atoms with Crippen LogP contribution in [-0.4, -0.2) is 84.5 Å². The van der Waals surface area contributed by atoms with E-state index in [9.17, 15) is 9.59 Å². The molecule has 1 atom stereocenters. The van der Waals surface area contributed by atoms with E-state index >= 15 is 0 Å². The molecule has 2 fully saturated rings. The summed E-state index contributed by atoms with van der Waals surface area (Å²) in [5, 5.41) is 12.4. The summed E-state index contributed by atoms with van der Waals surface area (Å²) in [5.74, 6) is 0.755. The number of carboxylic acid groups (broad SMARTS) is 1. The molecule has 2 N–H and O–H groups in total. The Balaban J connectivity index is 0.00000240. The van der Waals surface area contributed by atoms with E-state index in [4.69, 9.17) is 9.84 Å². The zero-order chi connectivity index (χ0) is 19.7. The number of rotatable bonds is 5. The smallest absolute Gasteiger partial charge is 0.407 e. The van der Waals surface area contributed by atoms with Gasteiger partial charge in [0.2, 0.25) is 0 Å². The fraction of sp³-hybridized carbons (Fsp3) is 0.474. The van der Waals surface area contributed by atoms with Crippen LogP contribution in [0.25, 0.3) is 0 Å². The van der Waals surface area contributed by atoms with Crippen molar-refractivity contribution in [3.63, 3.8) is 0 Å². The van der Waals surface area contributed by atoms with Gasteiger partial charge < -0.3 is 29.9 Å². The number of nitrogens with one attached hydrogen (secondary N) is 1. The first kappa shape index (κ1) is 21.1. The molecule has 0 aliphatic carbocycles. The average Bonchev–Trinajstić information content (AvgIpc) is 3.20. The van der Waals surface area contributed by atoms with Crippen LogP contribution in [0.15, 0.2) is 36.2 Å². The van der Waals surface area contributed by atoms with Crippen molar-refractivity contribution in [2.45, 2.75) is 12.5 Å². The van der Waals surface area contributed by atoms with Crippen LogP contribution in [-0.2, 0) is 4.79 Å². The molecule has 9 nitrogen and oxygen atoms in total. The number of carbonyl (C=O) groups is 2. The maximum atomic E-state index is 12.5. The molecule has 1 aromatic carbocycles. The van der Waals surface area contributed by atoms with Crippen LogP contribution in [0.3, 0.4) is 0 Å². The normalized spacial score (nSPS) is 21.1. The van der Waals surface area contributed by atoms with Gasteiger partial charge in [-0.05, 0) is 30.7 Å². The van der Waals surface area contributed by atoms with E-state index in [1.807, 2.05) is 47.3 Å². The molecule has 3 aliphatic heterocycles. The van der Waals surface area contributed by atoms with Crippen molar-refractivity contribution in [1.29, 1.82) is 0 Å². The summed E-state index contributed by atoms with van der Waals surface area (Å²) in [7, 11) is 1.96. The molecule has 29 heavy (non-hydrogen) atoms. The Hall–Kier alpha value is -2.65. The second kappa shape index (κ2) is 8.79. The number of anilines is 1. The van der Waals surface area contributed by atoms with Crippen molar-refractivity contribution in [3.8, 4) is 5.75 Å². The number of hydrogen-bond donors (Lipinski definition) is 2. The fourth-order valence-electron chi connectivity index (χ4n) is 3.79. The molecule has 158 valence electrons. The lowest BCUT2D eigenvalue weighted by atomic mass is 10.1. The van der Waals surface area contributed by atoms with Crippen molar-refractivity contribution in [2.24, 2.45) is 0 Å². The fourth-order valence-corrected chi connectivity index (χ4v) is 3.79. The van der Waals surface area contributed by atoms with Gasteiger partial charge in [0.05, 0.1) is 13.3 Å². The molecule has 0 radical (unpaired) electrons. The van der Waals surface area contributed by atoms with E-state index in [0.717, 1.165) is 30.2 Å². The maximum Gasteiger partial charge on any atom is 0.407 e. The third-order valence-electron chi connectivity index (χ3n) is 5.26. The number of carbonyl (C=O) groups excluding carboxylic acids is 1. The van der Waals surface area contributed by atoms with Crippen LogP contribution in [0.1, 0.15) is 6.42 Å². The summed E-state index contributed by atoms with van der Waals surface area (Å²) in [5.41, 5.74) is 1.58. The summed E-state index contributed by atoms with van der Waals surface area (Å²) in [6.07, 6.45) is 1.74. The van der Waals surface area contributed by atoms with Gasteiger partial charge in [-0.15, -0.1) is 12.4 Å². The van der Waals surface area contributed by atoms with Crippen LogP contribution in [0.4, 0.5) is 10.5 Å². The average molecular weight is 424 g/mol. The number of nitrogens with zero attached hydrogens (tertiary/aromatic N) is 4. The van der Waals surface area contributed by atoms with Crippen LogP contribution < -0.4 is 15.0 Å². The summed E-state index contributed by atoms with van der Waals surface area (Å²) in [4.78, 5) is 30.8. The van der Waals surface area contributed by atoms with Gasteiger partial charge in [-0.2, -0.15) is 0 Å². The van der Waals surface area contributed by atoms with Crippen molar-refractivity contribution in [2.75, 3.05) is 51.5 Å². The molecule has 2 amide bonds.